The maximum Gasteiger partial charge on any atom is 0.320 e. The molecule has 2 saturated heterocycles. The second-order valence-electron chi connectivity index (χ2n) is 6.42. The minimum atomic E-state index is -0.767. The summed E-state index contributed by atoms with van der Waals surface area (Å²) in [5.74, 6) is -0.137. The molecule has 0 bridgehead atoms. The molecule has 0 aliphatic carbocycles. The minimum Gasteiger partial charge on any atom is -0.481 e. The Morgan fingerprint density at radius 3 is 2.67 bits per heavy atom. The van der Waals surface area contributed by atoms with Crippen molar-refractivity contribution in [2.24, 2.45) is 5.92 Å². The molecule has 2 rings (SSSR count). The predicted octanol–water partition coefficient (Wildman–Crippen LogP) is 2.95. The van der Waals surface area contributed by atoms with Gasteiger partial charge in [-0.15, -0.1) is 0 Å². The summed E-state index contributed by atoms with van der Waals surface area (Å²) >= 11 is 0. The number of rotatable bonds is 4. The van der Waals surface area contributed by atoms with Crippen LogP contribution >= 0.6 is 0 Å². The normalized spacial score (nSPS) is 26.7. The van der Waals surface area contributed by atoms with E-state index < -0.39 is 5.97 Å². The highest BCUT2D eigenvalue weighted by Crippen LogP contribution is 2.25. The van der Waals surface area contributed by atoms with E-state index in [0.29, 0.717) is 12.3 Å². The van der Waals surface area contributed by atoms with Crippen molar-refractivity contribution >= 4 is 12.0 Å². The van der Waals surface area contributed by atoms with Crippen LogP contribution in [0.2, 0.25) is 0 Å². The van der Waals surface area contributed by atoms with E-state index in [4.69, 9.17) is 5.11 Å². The molecular formula is C16H28N2O3. The van der Waals surface area contributed by atoms with Gasteiger partial charge in [0.15, 0.2) is 0 Å². The van der Waals surface area contributed by atoms with Crippen LogP contribution < -0.4 is 0 Å². The van der Waals surface area contributed by atoms with Crippen molar-refractivity contribution in [3.63, 3.8) is 0 Å². The Bertz CT molecular complexity index is 373. The molecule has 2 unspecified atom stereocenters. The first-order chi connectivity index (χ1) is 10.1. The molecule has 0 aromatic rings. The van der Waals surface area contributed by atoms with Gasteiger partial charge in [-0.25, -0.2) is 4.79 Å². The Morgan fingerprint density at radius 2 is 1.95 bits per heavy atom. The molecule has 0 saturated carbocycles. The van der Waals surface area contributed by atoms with Gasteiger partial charge in [0.25, 0.3) is 0 Å². The van der Waals surface area contributed by atoms with Crippen molar-refractivity contribution in [1.82, 2.24) is 9.80 Å². The fourth-order valence-corrected chi connectivity index (χ4v) is 3.60. The molecule has 1 N–H and O–H groups in total. The van der Waals surface area contributed by atoms with E-state index in [2.05, 4.69) is 6.92 Å². The van der Waals surface area contributed by atoms with Crippen molar-refractivity contribution in [1.29, 1.82) is 0 Å². The Hall–Kier alpha value is -1.26. The number of nitrogens with zero attached hydrogens (tertiary/aromatic N) is 2. The Kier molecular flexibility index (Phi) is 5.88. The molecule has 0 aromatic carbocycles. The lowest BCUT2D eigenvalue weighted by Crippen LogP contribution is -2.52. The van der Waals surface area contributed by atoms with E-state index >= 15 is 0 Å². The number of carboxylic acid groups (broad SMARTS) is 1. The quantitative estimate of drug-likeness (QED) is 0.867. The average Bonchev–Trinajstić information content (AvgIpc) is 2.52. The van der Waals surface area contributed by atoms with Gasteiger partial charge in [-0.05, 0) is 44.4 Å². The molecule has 5 heteroatoms. The van der Waals surface area contributed by atoms with Crippen LogP contribution in [-0.4, -0.2) is 52.6 Å². The average molecular weight is 296 g/mol. The van der Waals surface area contributed by atoms with Crippen LogP contribution in [0.1, 0.15) is 58.3 Å². The molecule has 2 heterocycles. The largest absolute Gasteiger partial charge is 0.481 e. The molecule has 120 valence electrons. The van der Waals surface area contributed by atoms with Gasteiger partial charge in [-0.2, -0.15) is 0 Å². The van der Waals surface area contributed by atoms with Crippen LogP contribution in [0.5, 0.6) is 0 Å². The van der Waals surface area contributed by atoms with Gasteiger partial charge in [0.1, 0.15) is 0 Å². The molecule has 5 nitrogen and oxygen atoms in total. The maximum absolute atomic E-state index is 12.8. The zero-order valence-electron chi connectivity index (χ0n) is 13.1. The smallest absolute Gasteiger partial charge is 0.320 e. The van der Waals surface area contributed by atoms with E-state index in [9.17, 15) is 9.59 Å². The number of piperidine rings is 2. The lowest BCUT2D eigenvalue weighted by atomic mass is 9.95. The highest BCUT2D eigenvalue weighted by Gasteiger charge is 2.32. The molecular weight excluding hydrogens is 268 g/mol. The summed E-state index contributed by atoms with van der Waals surface area (Å²) in [5, 5.41) is 8.87. The number of carbonyl (C=O) groups is 2. The van der Waals surface area contributed by atoms with E-state index in [1.807, 2.05) is 9.80 Å². The van der Waals surface area contributed by atoms with E-state index in [0.717, 1.165) is 51.7 Å². The van der Waals surface area contributed by atoms with E-state index in [1.165, 1.54) is 6.42 Å². The summed E-state index contributed by atoms with van der Waals surface area (Å²) in [6, 6.07) is 0.257. The minimum absolute atomic E-state index is 0.115. The lowest BCUT2D eigenvalue weighted by Gasteiger charge is -2.41. The molecule has 2 aliphatic rings. The zero-order valence-corrected chi connectivity index (χ0v) is 13.1. The predicted molar refractivity (Wildman–Crippen MR) is 81.2 cm³/mol. The van der Waals surface area contributed by atoms with Crippen molar-refractivity contribution in [3.8, 4) is 0 Å². The fraction of sp³-hybridized carbons (Fsp3) is 0.875. The molecule has 2 atom stereocenters. The van der Waals surface area contributed by atoms with Crippen LogP contribution in [0.4, 0.5) is 4.79 Å². The van der Waals surface area contributed by atoms with Gasteiger partial charge < -0.3 is 14.9 Å². The van der Waals surface area contributed by atoms with Gasteiger partial charge in [0, 0.05) is 32.1 Å². The molecule has 0 radical (unpaired) electrons. The third-order valence-corrected chi connectivity index (χ3v) is 4.93. The van der Waals surface area contributed by atoms with Crippen molar-refractivity contribution in [3.05, 3.63) is 0 Å². The van der Waals surface area contributed by atoms with E-state index in [1.54, 1.807) is 0 Å². The van der Waals surface area contributed by atoms with Crippen LogP contribution in [0.3, 0.4) is 0 Å². The SMILES string of the molecule is CCC1CCCN(C(=O)N2CCCCC2CCC(=O)O)C1. The molecule has 0 aromatic heterocycles. The topological polar surface area (TPSA) is 60.9 Å². The number of likely N-dealkylation sites (tertiary alicyclic amines) is 2. The molecule has 2 aliphatic heterocycles. The molecule has 2 amide bonds. The van der Waals surface area contributed by atoms with Crippen LogP contribution in [0.25, 0.3) is 0 Å². The standard InChI is InChI=1S/C16H28N2O3/c1-2-13-6-5-10-17(12-13)16(21)18-11-4-3-7-14(18)8-9-15(19)20/h13-14H,2-12H2,1H3,(H,19,20). The van der Waals surface area contributed by atoms with Gasteiger partial charge in [-0.1, -0.05) is 13.3 Å². The number of carbonyl (C=O) groups excluding carboxylic acids is 1. The summed E-state index contributed by atoms with van der Waals surface area (Å²) in [7, 11) is 0. The van der Waals surface area contributed by atoms with Crippen molar-refractivity contribution in [2.45, 2.75) is 64.3 Å². The number of aliphatic carboxylic acids is 1. The molecule has 0 spiro atoms. The summed E-state index contributed by atoms with van der Waals surface area (Å²) in [5.41, 5.74) is 0. The Balaban J connectivity index is 1.95. The summed E-state index contributed by atoms with van der Waals surface area (Å²) in [4.78, 5) is 27.5. The summed E-state index contributed by atoms with van der Waals surface area (Å²) in [6.45, 7) is 4.71. The second-order valence-corrected chi connectivity index (χ2v) is 6.42. The third-order valence-electron chi connectivity index (χ3n) is 4.93. The Labute approximate surface area is 127 Å². The third kappa shape index (κ3) is 4.35. The maximum atomic E-state index is 12.8. The summed E-state index contributed by atoms with van der Waals surface area (Å²) < 4.78 is 0. The van der Waals surface area contributed by atoms with Crippen molar-refractivity contribution < 1.29 is 14.7 Å². The zero-order chi connectivity index (χ0) is 15.2. The number of urea groups is 1. The highest BCUT2D eigenvalue weighted by atomic mass is 16.4. The lowest BCUT2D eigenvalue weighted by molar-refractivity contribution is -0.137. The van der Waals surface area contributed by atoms with Gasteiger partial charge in [0.05, 0.1) is 0 Å². The fourth-order valence-electron chi connectivity index (χ4n) is 3.60. The first-order valence-electron chi connectivity index (χ1n) is 8.39. The Morgan fingerprint density at radius 1 is 1.14 bits per heavy atom. The number of hydrogen-bond donors (Lipinski definition) is 1. The summed E-state index contributed by atoms with van der Waals surface area (Å²) in [6.07, 6.45) is 7.29. The van der Waals surface area contributed by atoms with Gasteiger partial charge in [-0.3, -0.25) is 4.79 Å². The number of amides is 2. The first kappa shape index (κ1) is 16.1. The van der Waals surface area contributed by atoms with Crippen LogP contribution in [0.15, 0.2) is 0 Å². The van der Waals surface area contributed by atoms with Crippen LogP contribution in [-0.2, 0) is 4.79 Å². The first-order valence-corrected chi connectivity index (χ1v) is 8.39. The van der Waals surface area contributed by atoms with E-state index in [-0.39, 0.29) is 18.5 Å². The van der Waals surface area contributed by atoms with Gasteiger partial charge in [0.2, 0.25) is 0 Å². The second kappa shape index (κ2) is 7.66. The monoisotopic (exact) mass is 296 g/mol. The molecule has 2 fully saturated rings. The number of carboxylic acids is 1. The highest BCUT2D eigenvalue weighted by molar-refractivity contribution is 5.75. The molecule has 21 heavy (non-hydrogen) atoms. The van der Waals surface area contributed by atoms with Gasteiger partial charge >= 0.3 is 12.0 Å². The number of hydrogen-bond acceptors (Lipinski definition) is 2. The van der Waals surface area contributed by atoms with Crippen LogP contribution in [0, 0.1) is 5.92 Å². The van der Waals surface area contributed by atoms with Crippen molar-refractivity contribution in [2.75, 3.05) is 19.6 Å².